The summed E-state index contributed by atoms with van der Waals surface area (Å²) in [5.74, 6) is -0.146. The Kier molecular flexibility index (Phi) is 3.48. The lowest BCUT2D eigenvalue weighted by Crippen LogP contribution is -2.40. The number of hydrogen-bond acceptors (Lipinski definition) is 3. The van der Waals surface area contributed by atoms with Crippen molar-refractivity contribution in [2.75, 3.05) is 6.61 Å². The number of aliphatic hydroxyl groups is 1. The molecular formula is C14H18N2O2. The average molecular weight is 246 g/mol. The van der Waals surface area contributed by atoms with Gasteiger partial charge >= 0.3 is 0 Å². The highest BCUT2D eigenvalue weighted by molar-refractivity contribution is 5.84. The second kappa shape index (κ2) is 4.90. The van der Waals surface area contributed by atoms with Crippen LogP contribution in [0.5, 0.6) is 0 Å². The van der Waals surface area contributed by atoms with E-state index >= 15 is 0 Å². The van der Waals surface area contributed by atoms with Crippen LogP contribution in [0, 0.1) is 5.41 Å². The fraction of sp³-hybridized carbons (Fsp3) is 0.429. The summed E-state index contributed by atoms with van der Waals surface area (Å²) in [5, 5.41) is 14.9. The molecule has 0 aromatic heterocycles. The van der Waals surface area contributed by atoms with Crippen LogP contribution in [0.15, 0.2) is 35.4 Å². The Morgan fingerprint density at radius 1 is 1.44 bits per heavy atom. The first-order valence-electron chi connectivity index (χ1n) is 6.08. The van der Waals surface area contributed by atoms with Crippen molar-refractivity contribution in [1.82, 2.24) is 5.01 Å². The van der Waals surface area contributed by atoms with Gasteiger partial charge in [-0.1, -0.05) is 30.3 Å². The lowest BCUT2D eigenvalue weighted by atomic mass is 9.92. The first-order valence-corrected chi connectivity index (χ1v) is 6.08. The smallest absolute Gasteiger partial charge is 0.251 e. The molecule has 0 bridgehead atoms. The Morgan fingerprint density at radius 3 is 2.72 bits per heavy atom. The monoisotopic (exact) mass is 246 g/mol. The highest BCUT2D eigenvalue weighted by atomic mass is 16.3. The van der Waals surface area contributed by atoms with Crippen LogP contribution < -0.4 is 0 Å². The van der Waals surface area contributed by atoms with E-state index in [1.54, 1.807) is 20.1 Å². The summed E-state index contributed by atoms with van der Waals surface area (Å²) in [7, 11) is 0. The minimum atomic E-state index is -0.797. The number of benzene rings is 1. The zero-order chi connectivity index (χ0) is 13.2. The number of amides is 1. The Morgan fingerprint density at radius 2 is 2.11 bits per heavy atom. The van der Waals surface area contributed by atoms with Gasteiger partial charge in [0.25, 0.3) is 5.91 Å². The fourth-order valence-corrected chi connectivity index (χ4v) is 1.94. The highest BCUT2D eigenvalue weighted by Crippen LogP contribution is 2.32. The van der Waals surface area contributed by atoms with Crippen molar-refractivity contribution >= 4 is 12.1 Å². The van der Waals surface area contributed by atoms with E-state index in [0.717, 1.165) is 12.0 Å². The molecule has 4 nitrogen and oxygen atoms in total. The molecule has 1 atom stereocenters. The topological polar surface area (TPSA) is 52.9 Å². The molecule has 1 aromatic carbocycles. The third kappa shape index (κ3) is 2.29. The minimum absolute atomic E-state index is 0.0514. The third-order valence-electron chi connectivity index (χ3n) is 3.20. The number of carbonyl (C=O) groups excluding carboxylic acids is 1. The van der Waals surface area contributed by atoms with E-state index in [-0.39, 0.29) is 18.6 Å². The molecule has 0 saturated heterocycles. The molecule has 0 fully saturated rings. The van der Waals surface area contributed by atoms with Gasteiger partial charge in [0, 0.05) is 12.6 Å². The van der Waals surface area contributed by atoms with Gasteiger partial charge in [-0.25, -0.2) is 5.01 Å². The zero-order valence-corrected chi connectivity index (χ0v) is 10.7. The Bertz CT molecular complexity index is 454. The summed E-state index contributed by atoms with van der Waals surface area (Å²) >= 11 is 0. The van der Waals surface area contributed by atoms with Crippen LogP contribution in [-0.4, -0.2) is 28.8 Å². The Labute approximate surface area is 107 Å². The largest absolute Gasteiger partial charge is 0.395 e. The van der Waals surface area contributed by atoms with Gasteiger partial charge in [-0.05, 0) is 19.4 Å². The zero-order valence-electron chi connectivity index (χ0n) is 10.7. The summed E-state index contributed by atoms with van der Waals surface area (Å²) < 4.78 is 0. The van der Waals surface area contributed by atoms with Gasteiger partial charge in [-0.2, -0.15) is 5.10 Å². The number of nitrogens with zero attached hydrogens (tertiary/aromatic N) is 2. The van der Waals surface area contributed by atoms with E-state index in [2.05, 4.69) is 5.10 Å². The quantitative estimate of drug-likeness (QED) is 0.886. The predicted octanol–water partition coefficient (Wildman–Crippen LogP) is 1.96. The normalized spacial score (nSPS) is 19.3. The van der Waals surface area contributed by atoms with Crippen molar-refractivity contribution < 1.29 is 9.90 Å². The van der Waals surface area contributed by atoms with Crippen LogP contribution >= 0.6 is 0 Å². The molecule has 2 rings (SSSR count). The van der Waals surface area contributed by atoms with Crippen molar-refractivity contribution in [3.63, 3.8) is 0 Å². The van der Waals surface area contributed by atoms with Crippen molar-refractivity contribution in [3.05, 3.63) is 35.9 Å². The molecular weight excluding hydrogens is 228 g/mol. The molecule has 1 heterocycles. The Balaban J connectivity index is 2.23. The van der Waals surface area contributed by atoms with Crippen LogP contribution in [-0.2, 0) is 4.79 Å². The Hall–Kier alpha value is -1.68. The fourth-order valence-electron chi connectivity index (χ4n) is 1.94. The summed E-state index contributed by atoms with van der Waals surface area (Å²) in [5.41, 5.74) is 0.270. The molecule has 1 amide bonds. The van der Waals surface area contributed by atoms with Gasteiger partial charge < -0.3 is 5.11 Å². The van der Waals surface area contributed by atoms with Crippen molar-refractivity contribution in [1.29, 1.82) is 0 Å². The van der Waals surface area contributed by atoms with E-state index in [1.807, 2.05) is 30.3 Å². The van der Waals surface area contributed by atoms with Crippen molar-refractivity contribution in [2.24, 2.45) is 10.5 Å². The molecule has 1 unspecified atom stereocenters. The number of rotatable bonds is 3. The van der Waals surface area contributed by atoms with Crippen LogP contribution in [0.4, 0.5) is 0 Å². The van der Waals surface area contributed by atoms with E-state index in [9.17, 15) is 9.90 Å². The second-order valence-electron chi connectivity index (χ2n) is 5.15. The number of aliphatic hydroxyl groups excluding tert-OH is 1. The standard InChI is InChI=1S/C14H18N2O2/c1-14(2,10-17)13(18)16-12(8-9-15-16)11-6-4-3-5-7-11/h3-7,9,12,17H,8,10H2,1-2H3. The van der Waals surface area contributed by atoms with Gasteiger partial charge in [0.2, 0.25) is 0 Å². The van der Waals surface area contributed by atoms with E-state index in [4.69, 9.17) is 0 Å². The third-order valence-corrected chi connectivity index (χ3v) is 3.20. The summed E-state index contributed by atoms with van der Waals surface area (Å²) in [4.78, 5) is 12.3. The molecule has 1 aliphatic heterocycles. The first kappa shape index (κ1) is 12.8. The summed E-state index contributed by atoms with van der Waals surface area (Å²) in [6.07, 6.45) is 2.47. The molecule has 0 aliphatic carbocycles. The second-order valence-corrected chi connectivity index (χ2v) is 5.15. The molecule has 96 valence electrons. The molecule has 1 N–H and O–H groups in total. The van der Waals surface area contributed by atoms with Gasteiger partial charge in [-0.3, -0.25) is 4.79 Å². The maximum atomic E-state index is 12.3. The van der Waals surface area contributed by atoms with Gasteiger partial charge in [0.1, 0.15) is 0 Å². The van der Waals surface area contributed by atoms with E-state index < -0.39 is 5.41 Å². The number of carbonyl (C=O) groups is 1. The first-order chi connectivity index (χ1) is 8.56. The summed E-state index contributed by atoms with van der Waals surface area (Å²) in [6.45, 7) is 3.27. The predicted molar refractivity (Wildman–Crippen MR) is 70.0 cm³/mol. The van der Waals surface area contributed by atoms with E-state index in [0.29, 0.717) is 0 Å². The van der Waals surface area contributed by atoms with Crippen molar-refractivity contribution in [2.45, 2.75) is 26.3 Å². The SMILES string of the molecule is CC(C)(CO)C(=O)N1N=CCC1c1ccccc1. The maximum Gasteiger partial charge on any atom is 0.251 e. The number of hydrogen-bond donors (Lipinski definition) is 1. The van der Waals surface area contributed by atoms with Crippen LogP contribution in [0.3, 0.4) is 0 Å². The molecule has 4 heteroatoms. The van der Waals surface area contributed by atoms with Crippen LogP contribution in [0.2, 0.25) is 0 Å². The molecule has 0 radical (unpaired) electrons. The van der Waals surface area contributed by atoms with Gasteiger partial charge in [-0.15, -0.1) is 0 Å². The molecule has 0 spiro atoms. The van der Waals surface area contributed by atoms with Crippen LogP contribution in [0.1, 0.15) is 31.9 Å². The molecule has 1 aliphatic rings. The van der Waals surface area contributed by atoms with Crippen LogP contribution in [0.25, 0.3) is 0 Å². The van der Waals surface area contributed by atoms with Crippen molar-refractivity contribution in [3.8, 4) is 0 Å². The lowest BCUT2D eigenvalue weighted by molar-refractivity contribution is -0.144. The molecule has 1 aromatic rings. The lowest BCUT2D eigenvalue weighted by Gasteiger charge is -2.29. The maximum absolute atomic E-state index is 12.3. The number of hydrazone groups is 1. The molecule has 0 saturated carbocycles. The van der Waals surface area contributed by atoms with Gasteiger partial charge in [0.15, 0.2) is 0 Å². The molecule has 18 heavy (non-hydrogen) atoms. The highest BCUT2D eigenvalue weighted by Gasteiger charge is 2.37. The van der Waals surface area contributed by atoms with Gasteiger partial charge in [0.05, 0.1) is 18.1 Å². The summed E-state index contributed by atoms with van der Waals surface area (Å²) in [6, 6.07) is 9.78. The average Bonchev–Trinajstić information content (AvgIpc) is 2.87. The minimum Gasteiger partial charge on any atom is -0.395 e. The van der Waals surface area contributed by atoms with E-state index in [1.165, 1.54) is 5.01 Å².